The van der Waals surface area contributed by atoms with Crippen LogP contribution in [0.25, 0.3) is 5.65 Å². The fourth-order valence-corrected chi connectivity index (χ4v) is 3.05. The molecule has 0 bridgehead atoms. The first-order chi connectivity index (χ1) is 17.0. The minimum atomic E-state index is -1.23. The number of anilines is 2. The summed E-state index contributed by atoms with van der Waals surface area (Å²) in [5.41, 5.74) is -0.739. The van der Waals surface area contributed by atoms with Crippen LogP contribution >= 0.6 is 0 Å². The summed E-state index contributed by atoms with van der Waals surface area (Å²) < 4.78 is 12.3. The summed E-state index contributed by atoms with van der Waals surface area (Å²) in [5.74, 6) is -0.891. The summed E-state index contributed by atoms with van der Waals surface area (Å²) in [6.07, 6.45) is 8.79. The second kappa shape index (κ2) is 11.2. The molecule has 1 fully saturated rings. The van der Waals surface area contributed by atoms with E-state index >= 15 is 0 Å². The predicted octanol–water partition coefficient (Wildman–Crippen LogP) is 2.92. The third kappa shape index (κ3) is 7.28. The molecule has 0 aromatic carbocycles. The van der Waals surface area contributed by atoms with E-state index < -0.39 is 17.7 Å². The van der Waals surface area contributed by atoms with Crippen LogP contribution in [0.15, 0.2) is 36.3 Å². The summed E-state index contributed by atoms with van der Waals surface area (Å²) in [6.45, 7) is 6.54. The fraction of sp³-hybridized carbons (Fsp3) is 0.458. The highest BCUT2D eigenvalue weighted by Crippen LogP contribution is 2.24. The monoisotopic (exact) mass is 500 g/mol. The molecule has 2 N–H and O–H groups in total. The van der Waals surface area contributed by atoms with Gasteiger partial charge < -0.3 is 24.8 Å². The number of aromatic nitrogens is 3. The lowest BCUT2D eigenvalue weighted by molar-refractivity contribution is -0.104. The summed E-state index contributed by atoms with van der Waals surface area (Å²) in [5, 5.41) is 16.5. The number of nitrogens with one attached hydrogen (secondary N) is 1. The van der Waals surface area contributed by atoms with E-state index in [0.29, 0.717) is 25.5 Å². The van der Waals surface area contributed by atoms with Crippen molar-refractivity contribution in [3.05, 3.63) is 41.9 Å². The van der Waals surface area contributed by atoms with Crippen LogP contribution in [0.3, 0.4) is 0 Å². The zero-order chi connectivity index (χ0) is 26.5. The zero-order valence-corrected chi connectivity index (χ0v) is 21.1. The van der Waals surface area contributed by atoms with E-state index in [1.807, 2.05) is 11.9 Å². The highest BCUT2D eigenvalue weighted by molar-refractivity contribution is 5.95. The molecule has 2 heterocycles. The lowest BCUT2D eigenvalue weighted by atomic mass is 10.2. The van der Waals surface area contributed by atoms with Gasteiger partial charge in [-0.25, -0.2) is 14.6 Å². The SMILES string of the molecule is CN(/C=C\C=C(/C=O)Nc1cc(N(C)C(=O)OC(C)(C)C)n2ncc(C(=O)O)c2n1)CCOC1CC1. The molecule has 1 saturated carbocycles. The maximum atomic E-state index is 12.7. The van der Waals surface area contributed by atoms with Gasteiger partial charge in [0, 0.05) is 26.7 Å². The first kappa shape index (κ1) is 26.7. The Kier molecular flexibility index (Phi) is 8.30. The Hall–Kier alpha value is -3.93. The molecule has 1 amide bonds. The van der Waals surface area contributed by atoms with Crippen LogP contribution in [0.4, 0.5) is 16.4 Å². The Morgan fingerprint density at radius 3 is 2.64 bits per heavy atom. The van der Waals surface area contributed by atoms with Crippen molar-refractivity contribution < 1.29 is 29.0 Å². The van der Waals surface area contributed by atoms with E-state index in [1.165, 1.54) is 22.5 Å². The van der Waals surface area contributed by atoms with E-state index in [2.05, 4.69) is 15.4 Å². The number of rotatable bonds is 11. The number of allylic oxidation sites excluding steroid dienone is 3. The molecule has 0 unspecified atom stereocenters. The first-order valence-electron chi connectivity index (χ1n) is 11.5. The van der Waals surface area contributed by atoms with Gasteiger partial charge in [0.25, 0.3) is 0 Å². The number of carboxylic acid groups (broad SMARTS) is 1. The molecule has 12 nitrogen and oxygen atoms in total. The maximum absolute atomic E-state index is 12.7. The quantitative estimate of drug-likeness (QED) is 0.269. The smallest absolute Gasteiger partial charge is 0.415 e. The van der Waals surface area contributed by atoms with Crippen LogP contribution in [0.2, 0.25) is 0 Å². The molecule has 194 valence electrons. The molecule has 36 heavy (non-hydrogen) atoms. The number of carboxylic acids is 1. The van der Waals surface area contributed by atoms with Gasteiger partial charge in [0.1, 0.15) is 22.8 Å². The van der Waals surface area contributed by atoms with Crippen LogP contribution in [-0.2, 0) is 14.3 Å². The highest BCUT2D eigenvalue weighted by Gasteiger charge is 2.25. The van der Waals surface area contributed by atoms with Gasteiger partial charge in [0.15, 0.2) is 11.9 Å². The second-order valence-corrected chi connectivity index (χ2v) is 9.39. The molecule has 0 aliphatic heterocycles. The van der Waals surface area contributed by atoms with Crippen molar-refractivity contribution in [3.8, 4) is 0 Å². The Labute approximate surface area is 209 Å². The van der Waals surface area contributed by atoms with Gasteiger partial charge >= 0.3 is 12.1 Å². The average molecular weight is 501 g/mol. The van der Waals surface area contributed by atoms with Gasteiger partial charge in [-0.1, -0.05) is 0 Å². The van der Waals surface area contributed by atoms with Gasteiger partial charge in [-0.05, 0) is 52.0 Å². The number of hydrogen-bond donors (Lipinski definition) is 2. The number of nitrogens with zero attached hydrogens (tertiary/aromatic N) is 5. The number of aromatic carboxylic acids is 1. The van der Waals surface area contributed by atoms with Crippen molar-refractivity contribution in [2.75, 3.05) is 37.5 Å². The number of amides is 1. The van der Waals surface area contributed by atoms with Gasteiger partial charge in [0.2, 0.25) is 0 Å². The molecule has 1 aliphatic carbocycles. The van der Waals surface area contributed by atoms with Gasteiger partial charge in [-0.3, -0.25) is 9.69 Å². The van der Waals surface area contributed by atoms with E-state index in [-0.39, 0.29) is 28.5 Å². The van der Waals surface area contributed by atoms with Crippen LogP contribution in [0.1, 0.15) is 44.0 Å². The number of fused-ring (bicyclic) bond motifs is 1. The molecule has 2 aromatic heterocycles. The van der Waals surface area contributed by atoms with E-state index in [9.17, 15) is 19.5 Å². The number of ether oxygens (including phenoxy) is 2. The van der Waals surface area contributed by atoms with Gasteiger partial charge in [-0.15, -0.1) is 0 Å². The van der Waals surface area contributed by atoms with Crippen molar-refractivity contribution in [3.63, 3.8) is 0 Å². The molecule has 12 heteroatoms. The van der Waals surface area contributed by atoms with Crippen LogP contribution in [-0.4, -0.2) is 81.9 Å². The van der Waals surface area contributed by atoms with Gasteiger partial charge in [0.05, 0.1) is 24.6 Å². The number of carbonyl (C=O) groups excluding carboxylic acids is 2. The molecule has 3 rings (SSSR count). The zero-order valence-electron chi connectivity index (χ0n) is 21.1. The molecule has 0 atom stereocenters. The first-order valence-corrected chi connectivity index (χ1v) is 11.5. The van der Waals surface area contributed by atoms with E-state index in [4.69, 9.17) is 9.47 Å². The minimum absolute atomic E-state index is 0.00547. The molecule has 0 saturated heterocycles. The molecular formula is C24H32N6O6. The topological polar surface area (TPSA) is 139 Å². The van der Waals surface area contributed by atoms with Crippen molar-refractivity contribution in [2.24, 2.45) is 0 Å². The van der Waals surface area contributed by atoms with E-state index in [0.717, 1.165) is 19.0 Å². The number of carbonyl (C=O) groups is 3. The number of aldehydes is 1. The molecular weight excluding hydrogens is 468 g/mol. The lowest BCUT2D eigenvalue weighted by Gasteiger charge is -2.25. The summed E-state index contributed by atoms with van der Waals surface area (Å²) >= 11 is 0. The van der Waals surface area contributed by atoms with Crippen molar-refractivity contribution in [1.82, 2.24) is 19.5 Å². The molecule has 0 radical (unpaired) electrons. The largest absolute Gasteiger partial charge is 0.477 e. The summed E-state index contributed by atoms with van der Waals surface area (Å²) in [7, 11) is 3.37. The third-order valence-corrected chi connectivity index (χ3v) is 5.03. The fourth-order valence-electron chi connectivity index (χ4n) is 3.05. The van der Waals surface area contributed by atoms with Gasteiger partial charge in [-0.2, -0.15) is 9.61 Å². The Bertz CT molecular complexity index is 1180. The van der Waals surface area contributed by atoms with Crippen molar-refractivity contribution >= 4 is 35.6 Å². The lowest BCUT2D eigenvalue weighted by Crippen LogP contribution is -2.35. The minimum Gasteiger partial charge on any atom is -0.477 e. The van der Waals surface area contributed by atoms with Crippen molar-refractivity contribution in [1.29, 1.82) is 0 Å². The summed E-state index contributed by atoms with van der Waals surface area (Å²) in [6, 6.07) is 1.47. The highest BCUT2D eigenvalue weighted by atomic mass is 16.6. The average Bonchev–Trinajstić information content (AvgIpc) is 3.52. The Morgan fingerprint density at radius 1 is 1.31 bits per heavy atom. The number of hydrogen-bond acceptors (Lipinski definition) is 9. The standard InChI is InChI=1S/C24H32N6O6/c1-24(2,3)36-23(34)29(5)20-13-19(27-21-18(22(32)33)14-25-30(20)21)26-16(15-31)7-6-10-28(4)11-12-35-17-8-9-17/h6-7,10,13-15,17H,8-9,11-12H2,1-5H3,(H,26,27)(H,32,33)/b10-6-,16-7+. The van der Waals surface area contributed by atoms with Crippen LogP contribution in [0.5, 0.6) is 0 Å². The Balaban J connectivity index is 1.84. The molecule has 1 aliphatic rings. The normalized spacial score (nSPS) is 14.2. The summed E-state index contributed by atoms with van der Waals surface area (Å²) in [4.78, 5) is 43.5. The maximum Gasteiger partial charge on any atom is 0.415 e. The number of likely N-dealkylation sites (N-methyl/N-ethyl adjacent to an activating group) is 1. The molecule has 2 aromatic rings. The van der Waals surface area contributed by atoms with Crippen molar-refractivity contribution in [2.45, 2.75) is 45.3 Å². The third-order valence-electron chi connectivity index (χ3n) is 5.03. The Morgan fingerprint density at radius 2 is 2.03 bits per heavy atom. The molecule has 0 spiro atoms. The van der Waals surface area contributed by atoms with E-state index in [1.54, 1.807) is 39.1 Å². The van der Waals surface area contributed by atoms with Crippen LogP contribution in [0, 0.1) is 0 Å². The van der Waals surface area contributed by atoms with Crippen LogP contribution < -0.4 is 10.2 Å². The second-order valence-electron chi connectivity index (χ2n) is 9.39. The predicted molar refractivity (Wildman–Crippen MR) is 133 cm³/mol.